The van der Waals surface area contributed by atoms with Gasteiger partial charge in [0.05, 0.1) is 0 Å². The zero-order valence-electron chi connectivity index (χ0n) is 17.5. The Labute approximate surface area is 171 Å². The third-order valence-electron chi connectivity index (χ3n) is 7.09. The van der Waals surface area contributed by atoms with E-state index in [-0.39, 0.29) is 5.91 Å². The summed E-state index contributed by atoms with van der Waals surface area (Å²) in [6.45, 7) is 3.27. The predicted octanol–water partition coefficient (Wildman–Crippen LogP) is 3.25. The third-order valence-corrected chi connectivity index (χ3v) is 7.09. The Hall–Kier alpha value is -2.34. The maximum atomic E-state index is 12.9. The number of hydrogen-bond acceptors (Lipinski definition) is 3. The second-order valence-electron chi connectivity index (χ2n) is 8.60. The summed E-state index contributed by atoms with van der Waals surface area (Å²) < 4.78 is 7.81. The second kappa shape index (κ2) is 7.82. The van der Waals surface area contributed by atoms with E-state index in [2.05, 4.69) is 11.6 Å². The highest BCUT2D eigenvalue weighted by Gasteiger charge is 2.31. The quantitative estimate of drug-likeness (QED) is 0.858. The predicted molar refractivity (Wildman–Crippen MR) is 111 cm³/mol. The molecule has 2 aromatic rings. The van der Waals surface area contributed by atoms with E-state index in [9.17, 15) is 14.7 Å². The number of aliphatic carboxylic acids is 1. The fourth-order valence-electron chi connectivity index (χ4n) is 5.07. The van der Waals surface area contributed by atoms with Gasteiger partial charge in [-0.15, -0.1) is 0 Å². The van der Waals surface area contributed by atoms with Crippen LogP contribution < -0.4 is 0 Å². The fourth-order valence-corrected chi connectivity index (χ4v) is 5.07. The summed E-state index contributed by atoms with van der Waals surface area (Å²) in [6.07, 6.45) is 5.63. The van der Waals surface area contributed by atoms with Gasteiger partial charge in [0, 0.05) is 49.5 Å². The van der Waals surface area contributed by atoms with Crippen LogP contribution in [0.15, 0.2) is 18.2 Å². The van der Waals surface area contributed by atoms with Gasteiger partial charge in [0.25, 0.3) is 5.91 Å². The molecule has 1 fully saturated rings. The van der Waals surface area contributed by atoms with Crippen LogP contribution in [0.25, 0.3) is 10.9 Å². The Morgan fingerprint density at radius 3 is 2.62 bits per heavy atom. The summed E-state index contributed by atoms with van der Waals surface area (Å²) in [5, 5.41) is 10.4. The lowest BCUT2D eigenvalue weighted by molar-refractivity contribution is -0.141. The maximum Gasteiger partial charge on any atom is 0.326 e. The van der Waals surface area contributed by atoms with Crippen LogP contribution in [0.3, 0.4) is 0 Å². The van der Waals surface area contributed by atoms with Gasteiger partial charge in [-0.05, 0) is 74.6 Å². The van der Waals surface area contributed by atoms with E-state index in [1.54, 1.807) is 7.05 Å². The van der Waals surface area contributed by atoms with E-state index in [1.165, 1.54) is 29.5 Å². The average Bonchev–Trinajstić information content (AvgIpc) is 3.03. The second-order valence-corrected chi connectivity index (χ2v) is 8.60. The Bertz CT molecular complexity index is 942. The van der Waals surface area contributed by atoms with Gasteiger partial charge in [-0.1, -0.05) is 0 Å². The van der Waals surface area contributed by atoms with Crippen molar-refractivity contribution < 1.29 is 19.4 Å². The standard InChI is InChI=1S/C23H30N2O4/c1-14(23(27)28)24(2)22(26)17-5-7-21-19(13-17)18-12-16(4-6-20(18)25(21)3)15-8-10-29-11-9-15/h5,7,13-16H,4,6,8-12H2,1-3H3,(H,27,28). The van der Waals surface area contributed by atoms with Crippen molar-refractivity contribution in [3.05, 3.63) is 35.0 Å². The molecule has 1 aromatic carbocycles. The lowest BCUT2D eigenvalue weighted by Gasteiger charge is -2.33. The molecule has 29 heavy (non-hydrogen) atoms. The molecular formula is C23H30N2O4. The lowest BCUT2D eigenvalue weighted by Crippen LogP contribution is -2.40. The van der Waals surface area contributed by atoms with Gasteiger partial charge in [0.2, 0.25) is 0 Å². The van der Waals surface area contributed by atoms with Gasteiger partial charge >= 0.3 is 5.97 Å². The van der Waals surface area contributed by atoms with E-state index >= 15 is 0 Å². The minimum Gasteiger partial charge on any atom is -0.480 e. The molecule has 0 saturated carbocycles. The summed E-state index contributed by atoms with van der Waals surface area (Å²) in [5.74, 6) is 0.139. The molecule has 156 valence electrons. The van der Waals surface area contributed by atoms with Crippen molar-refractivity contribution in [1.82, 2.24) is 9.47 Å². The minimum absolute atomic E-state index is 0.254. The van der Waals surface area contributed by atoms with Gasteiger partial charge < -0.3 is 19.3 Å². The number of benzene rings is 1. The number of aryl methyl sites for hydroxylation is 1. The SMILES string of the molecule is CC(C(=O)O)N(C)C(=O)c1ccc2c(c1)c1c(n2C)CCC(C2CCOCC2)C1. The molecule has 6 nitrogen and oxygen atoms in total. The van der Waals surface area contributed by atoms with Gasteiger partial charge in [0.15, 0.2) is 0 Å². The number of carbonyl (C=O) groups excluding carboxylic acids is 1. The summed E-state index contributed by atoms with van der Waals surface area (Å²) in [5.41, 5.74) is 4.44. The molecule has 1 aliphatic carbocycles. The Balaban J connectivity index is 1.67. The van der Waals surface area contributed by atoms with E-state index in [1.807, 2.05) is 18.2 Å². The number of amides is 1. The van der Waals surface area contributed by atoms with Gasteiger partial charge in [-0.3, -0.25) is 4.79 Å². The Kier molecular flexibility index (Phi) is 5.38. The Morgan fingerprint density at radius 1 is 1.21 bits per heavy atom. The molecule has 1 N–H and O–H groups in total. The number of carboxylic acids is 1. The van der Waals surface area contributed by atoms with Crippen LogP contribution in [-0.2, 0) is 29.4 Å². The summed E-state index contributed by atoms with van der Waals surface area (Å²) in [7, 11) is 3.66. The zero-order valence-corrected chi connectivity index (χ0v) is 17.5. The molecule has 0 bridgehead atoms. The number of nitrogens with zero attached hydrogens (tertiary/aromatic N) is 2. The van der Waals surface area contributed by atoms with Crippen molar-refractivity contribution in [2.45, 2.75) is 45.1 Å². The van der Waals surface area contributed by atoms with E-state index in [0.29, 0.717) is 11.5 Å². The lowest BCUT2D eigenvalue weighted by atomic mass is 9.75. The Morgan fingerprint density at radius 2 is 1.93 bits per heavy atom. The molecule has 1 saturated heterocycles. The summed E-state index contributed by atoms with van der Waals surface area (Å²) in [4.78, 5) is 25.4. The first kappa shape index (κ1) is 20.0. The number of fused-ring (bicyclic) bond motifs is 3. The summed E-state index contributed by atoms with van der Waals surface area (Å²) >= 11 is 0. The van der Waals surface area contributed by atoms with Crippen molar-refractivity contribution in [2.24, 2.45) is 18.9 Å². The van der Waals surface area contributed by atoms with E-state index < -0.39 is 12.0 Å². The van der Waals surface area contributed by atoms with Crippen LogP contribution in [-0.4, -0.2) is 52.8 Å². The number of ether oxygens (including phenoxy) is 1. The fraction of sp³-hybridized carbons (Fsp3) is 0.565. The van der Waals surface area contributed by atoms with Crippen molar-refractivity contribution in [3.63, 3.8) is 0 Å². The number of aromatic nitrogens is 1. The number of rotatable bonds is 4. The minimum atomic E-state index is -1.00. The smallest absolute Gasteiger partial charge is 0.326 e. The summed E-state index contributed by atoms with van der Waals surface area (Å²) in [6, 6.07) is 4.93. The number of hydrogen-bond donors (Lipinski definition) is 1. The van der Waals surface area contributed by atoms with Crippen LogP contribution in [0.5, 0.6) is 0 Å². The van der Waals surface area contributed by atoms with Gasteiger partial charge in [-0.25, -0.2) is 4.79 Å². The molecule has 2 heterocycles. The molecular weight excluding hydrogens is 368 g/mol. The highest BCUT2D eigenvalue weighted by Crippen LogP contribution is 2.39. The number of carboxylic acid groups (broad SMARTS) is 1. The van der Waals surface area contributed by atoms with Crippen molar-refractivity contribution in [3.8, 4) is 0 Å². The molecule has 6 heteroatoms. The highest BCUT2D eigenvalue weighted by atomic mass is 16.5. The van der Waals surface area contributed by atoms with Crippen molar-refractivity contribution in [1.29, 1.82) is 0 Å². The topological polar surface area (TPSA) is 71.8 Å². The van der Waals surface area contributed by atoms with E-state index in [0.717, 1.165) is 55.7 Å². The van der Waals surface area contributed by atoms with Crippen molar-refractivity contribution >= 4 is 22.8 Å². The highest BCUT2D eigenvalue weighted by molar-refractivity contribution is 6.00. The van der Waals surface area contributed by atoms with Crippen LogP contribution in [0.4, 0.5) is 0 Å². The zero-order chi connectivity index (χ0) is 20.7. The first-order chi connectivity index (χ1) is 13.9. The third kappa shape index (κ3) is 3.54. The van der Waals surface area contributed by atoms with Gasteiger partial charge in [-0.2, -0.15) is 0 Å². The van der Waals surface area contributed by atoms with Crippen LogP contribution in [0.1, 0.15) is 47.8 Å². The van der Waals surface area contributed by atoms with Crippen LogP contribution in [0.2, 0.25) is 0 Å². The molecule has 1 aromatic heterocycles. The first-order valence-corrected chi connectivity index (χ1v) is 10.6. The molecule has 0 spiro atoms. The normalized spacial score (nSPS) is 21.0. The van der Waals surface area contributed by atoms with Crippen LogP contribution in [0, 0.1) is 11.8 Å². The molecule has 0 radical (unpaired) electrons. The first-order valence-electron chi connectivity index (χ1n) is 10.6. The van der Waals surface area contributed by atoms with E-state index in [4.69, 9.17) is 4.74 Å². The number of carbonyl (C=O) groups is 2. The molecule has 1 amide bonds. The van der Waals surface area contributed by atoms with Crippen molar-refractivity contribution in [2.75, 3.05) is 20.3 Å². The molecule has 2 unspecified atom stereocenters. The largest absolute Gasteiger partial charge is 0.480 e. The molecule has 1 aliphatic heterocycles. The van der Waals surface area contributed by atoms with Crippen LogP contribution >= 0.6 is 0 Å². The monoisotopic (exact) mass is 398 g/mol. The maximum absolute atomic E-state index is 12.9. The number of likely N-dealkylation sites (N-methyl/N-ethyl adjacent to an activating group) is 1. The molecule has 2 aliphatic rings. The van der Waals surface area contributed by atoms with Gasteiger partial charge in [0.1, 0.15) is 6.04 Å². The molecule has 2 atom stereocenters. The molecule has 4 rings (SSSR count). The average molecular weight is 399 g/mol.